The fourth-order valence-electron chi connectivity index (χ4n) is 4.31. The highest BCUT2D eigenvalue weighted by Gasteiger charge is 2.24. The Morgan fingerprint density at radius 1 is 1.19 bits per heavy atom. The van der Waals surface area contributed by atoms with E-state index in [0.717, 1.165) is 40.9 Å². The van der Waals surface area contributed by atoms with E-state index in [-0.39, 0.29) is 5.56 Å². The first-order chi connectivity index (χ1) is 13.1. The molecule has 0 spiro atoms. The molecule has 0 N–H and O–H groups in total. The summed E-state index contributed by atoms with van der Waals surface area (Å²) in [5.74, 6) is 1.50. The first-order valence-electron chi connectivity index (χ1n) is 9.60. The molecule has 1 aliphatic carbocycles. The van der Waals surface area contributed by atoms with E-state index in [2.05, 4.69) is 49.4 Å². The Labute approximate surface area is 162 Å². The van der Waals surface area contributed by atoms with Gasteiger partial charge in [0.2, 0.25) is 0 Å². The molecule has 1 atom stereocenters. The molecule has 2 heterocycles. The predicted octanol–water partition coefficient (Wildman–Crippen LogP) is 5.09. The normalized spacial score (nSPS) is 16.7. The maximum absolute atomic E-state index is 13.4. The van der Waals surface area contributed by atoms with E-state index in [1.165, 1.54) is 21.2 Å². The smallest absolute Gasteiger partial charge is 0.262 e. The molecule has 0 fully saturated rings. The first kappa shape index (κ1) is 16.7. The number of benzene rings is 2. The molecule has 5 rings (SSSR count). The number of rotatable bonds is 2. The summed E-state index contributed by atoms with van der Waals surface area (Å²) in [5, 5.41) is 3.27. The van der Waals surface area contributed by atoms with Crippen molar-refractivity contribution in [2.75, 3.05) is 0 Å². The van der Waals surface area contributed by atoms with Crippen molar-refractivity contribution in [2.45, 2.75) is 39.7 Å². The zero-order valence-corrected chi connectivity index (χ0v) is 16.5. The van der Waals surface area contributed by atoms with Crippen LogP contribution >= 0.6 is 11.3 Å². The van der Waals surface area contributed by atoms with Crippen LogP contribution in [0.3, 0.4) is 0 Å². The molecule has 4 aromatic rings. The summed E-state index contributed by atoms with van der Waals surface area (Å²) in [6.45, 7) is 4.81. The molecule has 0 saturated heterocycles. The van der Waals surface area contributed by atoms with E-state index in [1.54, 1.807) is 11.3 Å². The highest BCUT2D eigenvalue weighted by molar-refractivity contribution is 7.18. The van der Waals surface area contributed by atoms with E-state index in [9.17, 15) is 4.79 Å². The van der Waals surface area contributed by atoms with Crippen LogP contribution in [0.4, 0.5) is 0 Å². The van der Waals surface area contributed by atoms with Gasteiger partial charge in [-0.1, -0.05) is 49.4 Å². The monoisotopic (exact) mass is 374 g/mol. The summed E-state index contributed by atoms with van der Waals surface area (Å²) in [7, 11) is 0. The van der Waals surface area contributed by atoms with Gasteiger partial charge in [-0.25, -0.2) is 4.98 Å². The second kappa shape index (κ2) is 6.31. The maximum atomic E-state index is 13.4. The zero-order valence-electron chi connectivity index (χ0n) is 15.7. The van der Waals surface area contributed by atoms with Crippen molar-refractivity contribution in [1.29, 1.82) is 0 Å². The van der Waals surface area contributed by atoms with Gasteiger partial charge in [0.15, 0.2) is 0 Å². The Morgan fingerprint density at radius 2 is 2.00 bits per heavy atom. The molecule has 27 heavy (non-hydrogen) atoms. The van der Waals surface area contributed by atoms with Gasteiger partial charge in [0, 0.05) is 4.88 Å². The topological polar surface area (TPSA) is 34.9 Å². The van der Waals surface area contributed by atoms with Gasteiger partial charge in [-0.3, -0.25) is 9.36 Å². The summed E-state index contributed by atoms with van der Waals surface area (Å²) in [6.07, 6.45) is 3.25. The van der Waals surface area contributed by atoms with Gasteiger partial charge >= 0.3 is 0 Å². The molecule has 1 unspecified atom stereocenters. The van der Waals surface area contributed by atoms with Crippen molar-refractivity contribution < 1.29 is 0 Å². The number of thiophene rings is 1. The van der Waals surface area contributed by atoms with Crippen LogP contribution in [0.5, 0.6) is 0 Å². The Kier molecular flexibility index (Phi) is 3.90. The van der Waals surface area contributed by atoms with Crippen LogP contribution in [0.25, 0.3) is 21.0 Å². The van der Waals surface area contributed by atoms with E-state index in [0.29, 0.717) is 12.5 Å². The minimum absolute atomic E-state index is 0.123. The lowest BCUT2D eigenvalue weighted by Crippen LogP contribution is -2.25. The highest BCUT2D eigenvalue weighted by Crippen LogP contribution is 2.35. The summed E-state index contributed by atoms with van der Waals surface area (Å²) in [4.78, 5) is 20.6. The van der Waals surface area contributed by atoms with E-state index in [1.807, 2.05) is 11.5 Å². The SMILES string of the molecule is Cc1nc2sc3c(c2c(=O)n1Cc1cccc2ccccc12)CCC(C)C3. The van der Waals surface area contributed by atoms with Crippen LogP contribution in [-0.2, 0) is 19.4 Å². The van der Waals surface area contributed by atoms with Gasteiger partial charge in [0.1, 0.15) is 10.7 Å². The van der Waals surface area contributed by atoms with Crippen LogP contribution in [0.2, 0.25) is 0 Å². The fraction of sp³-hybridized carbons (Fsp3) is 0.304. The van der Waals surface area contributed by atoms with E-state index < -0.39 is 0 Å². The molecule has 2 aromatic heterocycles. The fourth-order valence-corrected chi connectivity index (χ4v) is 5.73. The van der Waals surface area contributed by atoms with Crippen LogP contribution in [-0.4, -0.2) is 9.55 Å². The number of hydrogen-bond acceptors (Lipinski definition) is 3. The minimum Gasteiger partial charge on any atom is -0.292 e. The lowest BCUT2D eigenvalue weighted by atomic mass is 9.89. The van der Waals surface area contributed by atoms with E-state index in [4.69, 9.17) is 4.98 Å². The minimum atomic E-state index is 0.123. The van der Waals surface area contributed by atoms with Crippen molar-refractivity contribution in [1.82, 2.24) is 9.55 Å². The highest BCUT2D eigenvalue weighted by atomic mass is 32.1. The van der Waals surface area contributed by atoms with Gasteiger partial charge in [-0.2, -0.15) is 0 Å². The quantitative estimate of drug-likeness (QED) is 0.490. The summed E-state index contributed by atoms with van der Waals surface area (Å²) in [6, 6.07) is 14.7. The number of nitrogens with zero attached hydrogens (tertiary/aromatic N) is 2. The molecule has 4 heteroatoms. The lowest BCUT2D eigenvalue weighted by molar-refractivity contribution is 0.509. The molecule has 3 nitrogen and oxygen atoms in total. The van der Waals surface area contributed by atoms with Crippen LogP contribution < -0.4 is 5.56 Å². The van der Waals surface area contributed by atoms with Gasteiger partial charge in [-0.15, -0.1) is 11.3 Å². The second-order valence-electron chi connectivity index (χ2n) is 7.72. The van der Waals surface area contributed by atoms with Gasteiger partial charge < -0.3 is 0 Å². The molecule has 2 aromatic carbocycles. The second-order valence-corrected chi connectivity index (χ2v) is 8.80. The Morgan fingerprint density at radius 3 is 2.89 bits per heavy atom. The largest absolute Gasteiger partial charge is 0.292 e. The van der Waals surface area contributed by atoms with Crippen molar-refractivity contribution in [3.8, 4) is 0 Å². The van der Waals surface area contributed by atoms with Crippen molar-refractivity contribution >= 4 is 32.3 Å². The first-order valence-corrected chi connectivity index (χ1v) is 10.4. The molecule has 1 aliphatic rings. The third-order valence-electron chi connectivity index (χ3n) is 5.81. The van der Waals surface area contributed by atoms with Gasteiger partial charge in [-0.05, 0) is 54.0 Å². The molecule has 0 aliphatic heterocycles. The summed E-state index contributed by atoms with van der Waals surface area (Å²) >= 11 is 1.72. The molecule has 0 radical (unpaired) electrons. The summed E-state index contributed by atoms with van der Waals surface area (Å²) in [5.41, 5.74) is 2.55. The van der Waals surface area contributed by atoms with Crippen LogP contribution in [0.1, 0.15) is 35.2 Å². The van der Waals surface area contributed by atoms with Gasteiger partial charge in [0.25, 0.3) is 5.56 Å². The number of fused-ring (bicyclic) bond motifs is 4. The molecule has 0 saturated carbocycles. The summed E-state index contributed by atoms with van der Waals surface area (Å²) < 4.78 is 1.86. The standard InChI is InChI=1S/C23H22N2OS/c1-14-10-11-19-20(12-14)27-22-21(19)23(26)25(15(2)24-22)13-17-8-5-7-16-6-3-4-9-18(16)17/h3-9,14H,10-13H2,1-2H3. The van der Waals surface area contributed by atoms with Crippen LogP contribution in [0, 0.1) is 12.8 Å². The Bertz CT molecular complexity index is 1230. The van der Waals surface area contributed by atoms with E-state index >= 15 is 0 Å². The van der Waals surface area contributed by atoms with Crippen LogP contribution in [0.15, 0.2) is 47.3 Å². The maximum Gasteiger partial charge on any atom is 0.262 e. The van der Waals surface area contributed by atoms with Gasteiger partial charge in [0.05, 0.1) is 11.9 Å². The predicted molar refractivity (Wildman–Crippen MR) is 113 cm³/mol. The van der Waals surface area contributed by atoms with Crippen molar-refractivity contribution in [3.05, 3.63) is 74.6 Å². The molecule has 0 amide bonds. The zero-order chi connectivity index (χ0) is 18.5. The molecular weight excluding hydrogens is 352 g/mol. The van der Waals surface area contributed by atoms with Crippen molar-refractivity contribution in [3.63, 3.8) is 0 Å². The molecule has 136 valence electrons. The average molecular weight is 375 g/mol. The third kappa shape index (κ3) is 2.71. The number of aromatic nitrogens is 2. The molecule has 0 bridgehead atoms. The third-order valence-corrected chi connectivity index (χ3v) is 6.96. The number of aryl methyl sites for hydroxylation is 2. The number of hydrogen-bond donors (Lipinski definition) is 0. The Hall–Kier alpha value is -2.46. The van der Waals surface area contributed by atoms with Crippen molar-refractivity contribution in [2.24, 2.45) is 5.92 Å². The molecular formula is C23H22N2OS. The lowest BCUT2D eigenvalue weighted by Gasteiger charge is -2.17. The average Bonchev–Trinajstić information content (AvgIpc) is 3.02. The Balaban J connectivity index is 1.68.